The zero-order chi connectivity index (χ0) is 29.0. The Balaban J connectivity index is 1.36. The number of hydrogen-bond donors (Lipinski definition) is 0. The summed E-state index contributed by atoms with van der Waals surface area (Å²) in [6.45, 7) is 4.68. The molecule has 1 aliphatic rings. The zero-order valence-corrected chi connectivity index (χ0v) is 25.3. The van der Waals surface area contributed by atoms with Gasteiger partial charge in [0.15, 0.2) is 5.82 Å². The Morgan fingerprint density at radius 1 is 0.628 bits per heavy atom. The monoisotopic (exact) mass is 572 g/mol. The molecular weight excluding hydrogens is 541 g/mol. The molecule has 0 aliphatic heterocycles. The van der Waals surface area contributed by atoms with Crippen LogP contribution in [0.2, 0.25) is 0 Å². The van der Waals surface area contributed by atoms with Gasteiger partial charge in [-0.2, -0.15) is 0 Å². The lowest BCUT2D eigenvalue weighted by atomic mass is 9.70. The SMILES string of the molecule is CCCC1(CC)c2ccccc2-c2cccc(-c3cccc(-c4nc(-c5ccccc5)nc5c4sc4ccccc45)c3)c21. The van der Waals surface area contributed by atoms with E-state index in [-0.39, 0.29) is 5.41 Å². The number of rotatable bonds is 6. The first-order chi connectivity index (χ1) is 21.2. The van der Waals surface area contributed by atoms with Gasteiger partial charge in [-0.25, -0.2) is 9.97 Å². The number of hydrogen-bond acceptors (Lipinski definition) is 3. The number of thiophene rings is 1. The molecule has 43 heavy (non-hydrogen) atoms. The van der Waals surface area contributed by atoms with Crippen molar-refractivity contribution in [2.24, 2.45) is 0 Å². The van der Waals surface area contributed by atoms with Crippen molar-refractivity contribution in [2.45, 2.75) is 38.5 Å². The largest absolute Gasteiger partial charge is 0.226 e. The Bertz CT molecular complexity index is 2140. The molecule has 0 saturated carbocycles. The molecule has 0 amide bonds. The smallest absolute Gasteiger partial charge is 0.160 e. The highest BCUT2D eigenvalue weighted by atomic mass is 32.1. The highest BCUT2D eigenvalue weighted by Crippen LogP contribution is 2.56. The van der Waals surface area contributed by atoms with E-state index in [0.717, 1.165) is 52.1 Å². The number of fused-ring (bicyclic) bond motifs is 6. The average molecular weight is 573 g/mol. The summed E-state index contributed by atoms with van der Waals surface area (Å²) in [7, 11) is 0. The van der Waals surface area contributed by atoms with Gasteiger partial charge in [-0.1, -0.05) is 129 Å². The maximum Gasteiger partial charge on any atom is 0.160 e. The van der Waals surface area contributed by atoms with Crippen LogP contribution in [0.3, 0.4) is 0 Å². The predicted octanol–water partition coefficient (Wildman–Crippen LogP) is 11.3. The molecule has 0 bridgehead atoms. The van der Waals surface area contributed by atoms with Crippen molar-refractivity contribution in [1.29, 1.82) is 0 Å². The molecule has 7 aromatic rings. The lowest BCUT2D eigenvalue weighted by Crippen LogP contribution is -2.24. The summed E-state index contributed by atoms with van der Waals surface area (Å²) in [6.07, 6.45) is 3.36. The van der Waals surface area contributed by atoms with E-state index in [0.29, 0.717) is 0 Å². The van der Waals surface area contributed by atoms with Crippen molar-refractivity contribution < 1.29 is 0 Å². The molecule has 1 unspecified atom stereocenters. The van der Waals surface area contributed by atoms with E-state index in [1.165, 1.54) is 43.5 Å². The molecule has 0 fully saturated rings. The van der Waals surface area contributed by atoms with Crippen molar-refractivity contribution in [3.63, 3.8) is 0 Å². The van der Waals surface area contributed by atoms with E-state index in [1.54, 1.807) is 11.3 Å². The molecule has 0 spiro atoms. The van der Waals surface area contributed by atoms with Crippen molar-refractivity contribution in [3.8, 4) is 44.9 Å². The maximum atomic E-state index is 5.25. The maximum absolute atomic E-state index is 5.25. The molecular formula is C40H32N2S. The first-order valence-electron chi connectivity index (χ1n) is 15.3. The second kappa shape index (κ2) is 10.3. The normalized spacial score (nSPS) is 15.6. The molecule has 0 radical (unpaired) electrons. The van der Waals surface area contributed by atoms with Gasteiger partial charge < -0.3 is 0 Å². The highest BCUT2D eigenvalue weighted by Gasteiger charge is 2.42. The van der Waals surface area contributed by atoms with Crippen LogP contribution in [-0.4, -0.2) is 9.97 Å². The minimum atomic E-state index is 0.0153. The van der Waals surface area contributed by atoms with Gasteiger partial charge in [-0.3, -0.25) is 0 Å². The van der Waals surface area contributed by atoms with Crippen LogP contribution in [0.1, 0.15) is 44.2 Å². The summed E-state index contributed by atoms with van der Waals surface area (Å²) in [5, 5.41) is 1.19. The molecule has 1 aliphatic carbocycles. The number of nitrogens with zero attached hydrogens (tertiary/aromatic N) is 2. The first kappa shape index (κ1) is 26.1. The third kappa shape index (κ3) is 3.99. The van der Waals surface area contributed by atoms with Crippen molar-refractivity contribution in [2.75, 3.05) is 0 Å². The summed E-state index contributed by atoms with van der Waals surface area (Å²) >= 11 is 1.79. The van der Waals surface area contributed by atoms with E-state index in [2.05, 4.69) is 129 Å². The molecule has 0 saturated heterocycles. The first-order valence-corrected chi connectivity index (χ1v) is 16.1. The lowest BCUT2D eigenvalue weighted by molar-refractivity contribution is 0.462. The third-order valence-electron chi connectivity index (χ3n) is 9.25. The Hall–Kier alpha value is -4.60. The van der Waals surface area contributed by atoms with Gasteiger partial charge in [0.1, 0.15) is 0 Å². The Morgan fingerprint density at radius 3 is 2.19 bits per heavy atom. The Morgan fingerprint density at radius 2 is 1.33 bits per heavy atom. The van der Waals surface area contributed by atoms with E-state index in [1.807, 2.05) is 6.07 Å². The molecule has 1 atom stereocenters. The van der Waals surface area contributed by atoms with Crippen LogP contribution >= 0.6 is 11.3 Å². The molecule has 208 valence electrons. The van der Waals surface area contributed by atoms with Gasteiger partial charge >= 0.3 is 0 Å². The molecule has 8 rings (SSSR count). The average Bonchev–Trinajstić information content (AvgIpc) is 3.59. The number of benzene rings is 5. The van der Waals surface area contributed by atoms with Crippen molar-refractivity contribution >= 4 is 31.6 Å². The van der Waals surface area contributed by atoms with Gasteiger partial charge in [-0.15, -0.1) is 11.3 Å². The Labute approximate surface area is 256 Å². The van der Waals surface area contributed by atoms with Crippen LogP contribution < -0.4 is 0 Å². The van der Waals surface area contributed by atoms with Gasteiger partial charge in [0.25, 0.3) is 0 Å². The van der Waals surface area contributed by atoms with E-state index < -0.39 is 0 Å². The molecule has 2 heterocycles. The summed E-state index contributed by atoms with van der Waals surface area (Å²) in [5.74, 6) is 0.765. The second-order valence-electron chi connectivity index (χ2n) is 11.6. The van der Waals surface area contributed by atoms with Crippen LogP contribution in [0.15, 0.2) is 121 Å². The summed E-state index contributed by atoms with van der Waals surface area (Å²) in [6, 6.07) is 43.9. The summed E-state index contributed by atoms with van der Waals surface area (Å²) in [5.41, 5.74) is 12.5. The van der Waals surface area contributed by atoms with Gasteiger partial charge in [0.05, 0.1) is 15.9 Å². The van der Waals surface area contributed by atoms with Crippen LogP contribution in [-0.2, 0) is 5.41 Å². The van der Waals surface area contributed by atoms with Crippen LogP contribution in [0.25, 0.3) is 65.2 Å². The van der Waals surface area contributed by atoms with Crippen LogP contribution in [0, 0.1) is 0 Å². The molecule has 5 aromatic carbocycles. The summed E-state index contributed by atoms with van der Waals surface area (Å²) in [4.78, 5) is 10.4. The van der Waals surface area contributed by atoms with E-state index in [9.17, 15) is 0 Å². The van der Waals surface area contributed by atoms with E-state index in [4.69, 9.17) is 9.97 Å². The zero-order valence-electron chi connectivity index (χ0n) is 24.5. The van der Waals surface area contributed by atoms with Crippen LogP contribution in [0.5, 0.6) is 0 Å². The third-order valence-corrected chi connectivity index (χ3v) is 10.4. The standard InChI is InChI=1S/C40H32N2S/c1-3-24-40(4-2)33-22-10-8-18-30(33)31-21-13-20-29(35(31)40)27-16-12-17-28(25-27)36-38-37(32-19-9-11-23-34(32)43-38)42-39(41-36)26-14-6-5-7-15-26/h5-23,25H,3-4,24H2,1-2H3. The topological polar surface area (TPSA) is 25.8 Å². The summed E-state index contributed by atoms with van der Waals surface area (Å²) < 4.78 is 2.37. The molecule has 0 N–H and O–H groups in total. The quantitative estimate of drug-likeness (QED) is 0.198. The van der Waals surface area contributed by atoms with Crippen molar-refractivity contribution in [1.82, 2.24) is 9.97 Å². The molecule has 2 aromatic heterocycles. The fraction of sp³-hybridized carbons (Fsp3) is 0.150. The number of aromatic nitrogens is 2. The van der Waals surface area contributed by atoms with Gasteiger partial charge in [0, 0.05) is 26.6 Å². The van der Waals surface area contributed by atoms with E-state index >= 15 is 0 Å². The predicted molar refractivity (Wildman–Crippen MR) is 183 cm³/mol. The minimum absolute atomic E-state index is 0.0153. The fourth-order valence-corrected chi connectivity index (χ4v) is 8.52. The highest BCUT2D eigenvalue weighted by molar-refractivity contribution is 7.26. The molecule has 2 nitrogen and oxygen atoms in total. The van der Waals surface area contributed by atoms with Gasteiger partial charge in [0.2, 0.25) is 0 Å². The van der Waals surface area contributed by atoms with Crippen LogP contribution in [0.4, 0.5) is 0 Å². The second-order valence-corrected chi connectivity index (χ2v) is 12.6. The fourth-order valence-electron chi connectivity index (χ4n) is 7.37. The van der Waals surface area contributed by atoms with Gasteiger partial charge in [-0.05, 0) is 58.4 Å². The Kier molecular flexibility index (Phi) is 6.24. The van der Waals surface area contributed by atoms with Crippen molar-refractivity contribution in [3.05, 3.63) is 132 Å². The lowest BCUT2D eigenvalue weighted by Gasteiger charge is -2.32. The molecule has 3 heteroatoms. The minimum Gasteiger partial charge on any atom is -0.226 e.